The number of rotatable bonds is 8. The fourth-order valence-corrected chi connectivity index (χ4v) is 3.29. The zero-order valence-electron chi connectivity index (χ0n) is 16.6. The largest absolute Gasteiger partial charge is 0.490 e. The molecule has 0 saturated carbocycles. The molecule has 31 heavy (non-hydrogen) atoms. The van der Waals surface area contributed by atoms with Gasteiger partial charge in [0.25, 0.3) is 5.91 Å². The Morgan fingerprint density at radius 3 is 2.45 bits per heavy atom. The summed E-state index contributed by atoms with van der Waals surface area (Å²) in [4.78, 5) is 12.2. The van der Waals surface area contributed by atoms with Gasteiger partial charge in [-0.2, -0.15) is 5.10 Å². The Balaban J connectivity index is 1.73. The third-order valence-electron chi connectivity index (χ3n) is 4.13. The first-order chi connectivity index (χ1) is 15.0. The summed E-state index contributed by atoms with van der Waals surface area (Å²) < 4.78 is 11.6. The van der Waals surface area contributed by atoms with Crippen LogP contribution >= 0.6 is 34.8 Å². The van der Waals surface area contributed by atoms with Crippen molar-refractivity contribution in [3.8, 4) is 11.5 Å². The third-order valence-corrected chi connectivity index (χ3v) is 4.99. The molecule has 0 heterocycles. The summed E-state index contributed by atoms with van der Waals surface area (Å²) in [6.07, 6.45) is 1.46. The predicted molar refractivity (Wildman–Crippen MR) is 125 cm³/mol. The fourth-order valence-electron chi connectivity index (χ4n) is 2.67. The van der Waals surface area contributed by atoms with Crippen molar-refractivity contribution in [2.45, 2.75) is 13.5 Å². The van der Waals surface area contributed by atoms with Crippen molar-refractivity contribution in [1.29, 1.82) is 0 Å². The smallest absolute Gasteiger partial charge is 0.272 e. The normalized spacial score (nSPS) is 10.8. The first kappa shape index (κ1) is 22.9. The molecule has 0 radical (unpaired) electrons. The van der Waals surface area contributed by atoms with E-state index in [9.17, 15) is 4.79 Å². The van der Waals surface area contributed by atoms with Gasteiger partial charge in [-0.3, -0.25) is 4.79 Å². The van der Waals surface area contributed by atoms with Crippen LogP contribution in [0.3, 0.4) is 0 Å². The lowest BCUT2D eigenvalue weighted by atomic mass is 10.2. The SMILES string of the molecule is CCOc1cc(/C=N\NC(=O)c2ccccc2Cl)cc(Cl)c1OCc1ccc(Cl)cc1. The molecule has 160 valence electrons. The molecule has 0 atom stereocenters. The molecule has 5 nitrogen and oxygen atoms in total. The number of halogens is 3. The molecule has 3 rings (SSSR count). The maximum absolute atomic E-state index is 12.2. The Bertz CT molecular complexity index is 1090. The van der Waals surface area contributed by atoms with E-state index in [0.29, 0.717) is 50.9 Å². The third kappa shape index (κ3) is 6.37. The Labute approximate surface area is 195 Å². The van der Waals surface area contributed by atoms with Crippen molar-refractivity contribution in [2.75, 3.05) is 6.61 Å². The Morgan fingerprint density at radius 1 is 1.00 bits per heavy atom. The predicted octanol–water partition coefficient (Wildman–Crippen LogP) is 6.39. The van der Waals surface area contributed by atoms with Gasteiger partial charge in [-0.05, 0) is 54.4 Å². The van der Waals surface area contributed by atoms with Crippen molar-refractivity contribution >= 4 is 46.9 Å². The molecule has 0 aliphatic carbocycles. The average Bonchev–Trinajstić information content (AvgIpc) is 2.75. The number of nitrogens with one attached hydrogen (secondary N) is 1. The zero-order valence-corrected chi connectivity index (χ0v) is 18.8. The van der Waals surface area contributed by atoms with Crippen LogP contribution in [0.25, 0.3) is 0 Å². The van der Waals surface area contributed by atoms with Gasteiger partial charge in [0, 0.05) is 5.02 Å². The highest BCUT2D eigenvalue weighted by Gasteiger charge is 2.13. The van der Waals surface area contributed by atoms with Gasteiger partial charge < -0.3 is 9.47 Å². The Hall–Kier alpha value is -2.73. The van der Waals surface area contributed by atoms with E-state index in [0.717, 1.165) is 5.56 Å². The maximum Gasteiger partial charge on any atom is 0.272 e. The molecule has 3 aromatic carbocycles. The van der Waals surface area contributed by atoms with E-state index in [2.05, 4.69) is 10.5 Å². The zero-order chi connectivity index (χ0) is 22.2. The van der Waals surface area contributed by atoms with Gasteiger partial charge in [-0.1, -0.05) is 59.1 Å². The molecule has 0 aromatic heterocycles. The second-order valence-electron chi connectivity index (χ2n) is 6.36. The summed E-state index contributed by atoms with van der Waals surface area (Å²) in [5, 5.41) is 5.34. The summed E-state index contributed by atoms with van der Waals surface area (Å²) in [6.45, 7) is 2.59. The van der Waals surface area contributed by atoms with Crippen molar-refractivity contribution < 1.29 is 14.3 Å². The molecule has 0 aliphatic rings. The quantitative estimate of drug-likeness (QED) is 0.302. The van der Waals surface area contributed by atoms with Crippen molar-refractivity contribution in [2.24, 2.45) is 5.10 Å². The highest BCUT2D eigenvalue weighted by atomic mass is 35.5. The molecule has 0 saturated heterocycles. The molecule has 0 fully saturated rings. The maximum atomic E-state index is 12.2. The van der Waals surface area contributed by atoms with Crippen molar-refractivity contribution in [3.05, 3.63) is 92.4 Å². The van der Waals surface area contributed by atoms with E-state index in [1.807, 2.05) is 19.1 Å². The molecule has 0 spiro atoms. The van der Waals surface area contributed by atoms with E-state index >= 15 is 0 Å². The number of hydrazone groups is 1. The van der Waals surface area contributed by atoms with Crippen LogP contribution in [-0.4, -0.2) is 18.7 Å². The van der Waals surface area contributed by atoms with Crippen LogP contribution in [0.15, 0.2) is 65.8 Å². The van der Waals surface area contributed by atoms with Crippen LogP contribution < -0.4 is 14.9 Å². The van der Waals surface area contributed by atoms with Crippen LogP contribution in [0.4, 0.5) is 0 Å². The summed E-state index contributed by atoms with van der Waals surface area (Å²) >= 11 is 18.4. The van der Waals surface area contributed by atoms with Crippen molar-refractivity contribution in [3.63, 3.8) is 0 Å². The van der Waals surface area contributed by atoms with Gasteiger partial charge in [-0.25, -0.2) is 5.43 Å². The fraction of sp³-hybridized carbons (Fsp3) is 0.130. The highest BCUT2D eigenvalue weighted by molar-refractivity contribution is 6.34. The monoisotopic (exact) mass is 476 g/mol. The molecule has 8 heteroatoms. The van der Waals surface area contributed by atoms with Crippen LogP contribution in [0.5, 0.6) is 11.5 Å². The number of nitrogens with zero attached hydrogens (tertiary/aromatic N) is 1. The summed E-state index contributed by atoms with van der Waals surface area (Å²) in [6, 6.07) is 17.5. The lowest BCUT2D eigenvalue weighted by Gasteiger charge is -2.14. The van der Waals surface area contributed by atoms with E-state index in [1.165, 1.54) is 6.21 Å². The minimum atomic E-state index is -0.416. The molecule has 0 unspecified atom stereocenters. The topological polar surface area (TPSA) is 59.9 Å². The molecular weight excluding hydrogens is 459 g/mol. The van der Waals surface area contributed by atoms with Gasteiger partial charge >= 0.3 is 0 Å². The van der Waals surface area contributed by atoms with Gasteiger partial charge in [0.15, 0.2) is 11.5 Å². The first-order valence-corrected chi connectivity index (χ1v) is 10.5. The van der Waals surface area contributed by atoms with E-state index in [4.69, 9.17) is 44.3 Å². The molecule has 3 aromatic rings. The number of carbonyl (C=O) groups is 1. The van der Waals surface area contributed by atoms with Crippen LogP contribution in [0.2, 0.25) is 15.1 Å². The van der Waals surface area contributed by atoms with Gasteiger partial charge in [0.1, 0.15) is 6.61 Å². The van der Waals surface area contributed by atoms with Crippen LogP contribution in [-0.2, 0) is 6.61 Å². The number of ether oxygens (including phenoxy) is 2. The Morgan fingerprint density at radius 2 is 1.74 bits per heavy atom. The summed E-state index contributed by atoms with van der Waals surface area (Å²) in [5.74, 6) is 0.486. The van der Waals surface area contributed by atoms with Gasteiger partial charge in [-0.15, -0.1) is 0 Å². The number of carbonyl (C=O) groups excluding carboxylic acids is 1. The van der Waals surface area contributed by atoms with Crippen LogP contribution in [0.1, 0.15) is 28.4 Å². The minimum absolute atomic E-state index is 0.304. The van der Waals surface area contributed by atoms with Crippen LogP contribution in [0, 0.1) is 0 Å². The van der Waals surface area contributed by atoms with Crippen molar-refractivity contribution in [1.82, 2.24) is 5.43 Å². The van der Waals surface area contributed by atoms with E-state index in [-0.39, 0.29) is 0 Å². The number of benzene rings is 3. The standard InChI is InChI=1S/C23H19Cl3N2O3/c1-2-30-21-12-16(13-27-28-23(29)18-5-3-4-6-19(18)25)11-20(26)22(21)31-14-15-7-9-17(24)10-8-15/h3-13H,2,14H2,1H3,(H,28,29)/b27-13-. The molecule has 0 bridgehead atoms. The number of hydrogen-bond donors (Lipinski definition) is 1. The lowest BCUT2D eigenvalue weighted by molar-refractivity contribution is 0.0955. The van der Waals surface area contributed by atoms with E-state index in [1.54, 1.807) is 48.5 Å². The number of amides is 1. The highest BCUT2D eigenvalue weighted by Crippen LogP contribution is 2.37. The summed E-state index contributed by atoms with van der Waals surface area (Å²) in [7, 11) is 0. The molecule has 1 N–H and O–H groups in total. The second kappa shape index (κ2) is 11.0. The van der Waals surface area contributed by atoms with Gasteiger partial charge in [0.05, 0.1) is 28.4 Å². The van der Waals surface area contributed by atoms with Gasteiger partial charge in [0.2, 0.25) is 0 Å². The first-order valence-electron chi connectivity index (χ1n) is 9.39. The minimum Gasteiger partial charge on any atom is -0.490 e. The molecule has 1 amide bonds. The lowest BCUT2D eigenvalue weighted by Crippen LogP contribution is -2.17. The summed E-state index contributed by atoms with van der Waals surface area (Å²) in [5.41, 5.74) is 4.35. The Kier molecular flexibility index (Phi) is 8.18. The molecule has 0 aliphatic heterocycles. The molecular formula is C23H19Cl3N2O3. The second-order valence-corrected chi connectivity index (χ2v) is 7.61. The number of hydrogen-bond acceptors (Lipinski definition) is 4. The van der Waals surface area contributed by atoms with E-state index < -0.39 is 5.91 Å². The average molecular weight is 478 g/mol.